The minimum absolute atomic E-state index is 0.00298. The van der Waals surface area contributed by atoms with Crippen LogP contribution in [-0.2, 0) is 20.7 Å². The molecule has 0 bridgehead atoms. The Kier molecular flexibility index (Phi) is 8.23. The van der Waals surface area contributed by atoms with Crippen LogP contribution in [0.1, 0.15) is 49.9 Å². The van der Waals surface area contributed by atoms with Crippen LogP contribution in [0.2, 0.25) is 0 Å². The number of fused-ring (bicyclic) bond motifs is 1. The highest BCUT2D eigenvalue weighted by Crippen LogP contribution is 2.40. The summed E-state index contributed by atoms with van der Waals surface area (Å²) in [5, 5.41) is 13.9. The Balaban J connectivity index is 1.50. The van der Waals surface area contributed by atoms with Crippen molar-refractivity contribution in [3.63, 3.8) is 0 Å². The molecule has 0 saturated carbocycles. The Bertz CT molecular complexity index is 1250. The van der Waals surface area contributed by atoms with E-state index >= 15 is 0 Å². The van der Waals surface area contributed by atoms with Crippen molar-refractivity contribution in [3.8, 4) is 11.5 Å². The van der Waals surface area contributed by atoms with E-state index in [1.54, 1.807) is 23.1 Å². The van der Waals surface area contributed by atoms with Crippen molar-refractivity contribution >= 4 is 17.4 Å². The largest absolute Gasteiger partial charge is 0.872 e. The smallest absolute Gasteiger partial charge is 0.295 e. The molecule has 2 unspecified atom stereocenters. The van der Waals surface area contributed by atoms with Gasteiger partial charge in [0.15, 0.2) is 0 Å². The summed E-state index contributed by atoms with van der Waals surface area (Å²) in [6.07, 6.45) is 1.65. The van der Waals surface area contributed by atoms with E-state index in [2.05, 4.69) is 13.8 Å². The monoisotopic (exact) mass is 534 g/mol. The predicted octanol–water partition coefficient (Wildman–Crippen LogP) is 1.57. The summed E-state index contributed by atoms with van der Waals surface area (Å²) in [5.74, 6) is 0.172. The quantitative estimate of drug-likeness (QED) is 0.298. The van der Waals surface area contributed by atoms with Crippen LogP contribution in [0, 0.1) is 5.92 Å². The molecule has 1 N–H and O–H groups in total. The first kappa shape index (κ1) is 27.2. The number of benzene rings is 2. The van der Waals surface area contributed by atoms with Gasteiger partial charge in [0.1, 0.15) is 30.7 Å². The van der Waals surface area contributed by atoms with Crippen LogP contribution < -0.4 is 19.5 Å². The molecule has 3 aliphatic heterocycles. The number of carbonyl (C=O) groups excluding carboxylic acids is 2. The number of hydrogen-bond acceptors (Lipinski definition) is 6. The van der Waals surface area contributed by atoms with Gasteiger partial charge >= 0.3 is 0 Å². The maximum atomic E-state index is 13.9. The molecular weight excluding hydrogens is 496 g/mol. The Morgan fingerprint density at radius 2 is 1.95 bits per heavy atom. The molecule has 5 rings (SSSR count). The van der Waals surface area contributed by atoms with E-state index in [9.17, 15) is 14.7 Å². The lowest BCUT2D eigenvalue weighted by Crippen LogP contribution is -3.14. The lowest BCUT2D eigenvalue weighted by molar-refractivity contribution is -0.907. The van der Waals surface area contributed by atoms with Crippen molar-refractivity contribution in [3.05, 3.63) is 64.7 Å². The maximum Gasteiger partial charge on any atom is 0.295 e. The van der Waals surface area contributed by atoms with Crippen LogP contribution >= 0.6 is 0 Å². The molecule has 39 heavy (non-hydrogen) atoms. The van der Waals surface area contributed by atoms with Crippen molar-refractivity contribution < 1.29 is 33.8 Å². The van der Waals surface area contributed by atoms with Crippen LogP contribution in [0.15, 0.2) is 48.0 Å². The Labute approximate surface area is 230 Å². The Morgan fingerprint density at radius 3 is 2.72 bits per heavy atom. The molecule has 0 aliphatic carbocycles. The summed E-state index contributed by atoms with van der Waals surface area (Å²) in [6.45, 7) is 10.9. The van der Waals surface area contributed by atoms with Crippen molar-refractivity contribution in [1.82, 2.24) is 4.90 Å². The van der Waals surface area contributed by atoms with E-state index in [-0.39, 0.29) is 11.7 Å². The third-order valence-electron chi connectivity index (χ3n) is 7.73. The second-order valence-electron chi connectivity index (χ2n) is 11.1. The Hall–Kier alpha value is -3.36. The van der Waals surface area contributed by atoms with Crippen LogP contribution in [-0.4, -0.2) is 68.7 Å². The topological polar surface area (TPSA) is 92.6 Å². The number of likely N-dealkylation sites (tertiary alicyclic amines) is 1. The number of hydrogen-bond donors (Lipinski definition) is 1. The zero-order valence-electron chi connectivity index (χ0n) is 23.0. The maximum absolute atomic E-state index is 13.9. The van der Waals surface area contributed by atoms with Gasteiger partial charge in [-0.3, -0.25) is 9.59 Å². The normalized spacial score (nSPS) is 22.8. The predicted molar refractivity (Wildman–Crippen MR) is 144 cm³/mol. The molecule has 2 saturated heterocycles. The van der Waals surface area contributed by atoms with E-state index in [1.165, 1.54) is 4.90 Å². The van der Waals surface area contributed by atoms with Gasteiger partial charge < -0.3 is 29.1 Å². The molecular formula is C31H38N2O6. The van der Waals surface area contributed by atoms with Gasteiger partial charge in [-0.05, 0) is 60.2 Å². The van der Waals surface area contributed by atoms with Gasteiger partial charge in [-0.25, -0.2) is 0 Å². The molecule has 8 nitrogen and oxygen atoms in total. The fraction of sp³-hybridized carbons (Fsp3) is 0.484. The van der Waals surface area contributed by atoms with E-state index in [1.807, 2.05) is 31.2 Å². The summed E-state index contributed by atoms with van der Waals surface area (Å²) in [7, 11) is 0. The third kappa shape index (κ3) is 5.97. The molecule has 2 atom stereocenters. The molecule has 0 spiro atoms. The molecule has 2 aromatic carbocycles. The first-order valence-corrected chi connectivity index (χ1v) is 14.0. The van der Waals surface area contributed by atoms with Crippen molar-refractivity contribution in [2.24, 2.45) is 5.92 Å². The summed E-state index contributed by atoms with van der Waals surface area (Å²) >= 11 is 0. The fourth-order valence-corrected chi connectivity index (χ4v) is 5.54. The highest BCUT2D eigenvalue weighted by atomic mass is 16.5. The molecule has 208 valence electrons. The SMILES string of the molecule is CC(C)CCOc1cccc(C2/C(=C(\[O-])c3ccc4c(c3)CC(C)O4)C(=O)C(=O)N2CC[NH+]2CCOCC2)c1. The number of nitrogens with zero attached hydrogens (tertiary/aromatic N) is 1. The molecule has 0 radical (unpaired) electrons. The summed E-state index contributed by atoms with van der Waals surface area (Å²) < 4.78 is 17.2. The molecule has 3 heterocycles. The van der Waals surface area contributed by atoms with E-state index in [0.29, 0.717) is 62.1 Å². The number of morpholine rings is 1. The summed E-state index contributed by atoms with van der Waals surface area (Å²) in [4.78, 5) is 29.7. The van der Waals surface area contributed by atoms with Crippen molar-refractivity contribution in [1.29, 1.82) is 0 Å². The average molecular weight is 535 g/mol. The van der Waals surface area contributed by atoms with Gasteiger partial charge in [0, 0.05) is 12.0 Å². The number of ether oxygens (including phenoxy) is 3. The van der Waals surface area contributed by atoms with Gasteiger partial charge in [0.25, 0.3) is 5.91 Å². The van der Waals surface area contributed by atoms with Crippen molar-refractivity contribution in [2.75, 3.05) is 46.0 Å². The third-order valence-corrected chi connectivity index (χ3v) is 7.73. The zero-order chi connectivity index (χ0) is 27.5. The standard InChI is InChI=1S/C31H38N2O6/c1-20(2)9-14-38-25-6-4-5-22(19-25)28-27(29(34)23-7-8-26-24(18-23)17-21(3)39-26)30(35)31(36)33(28)11-10-32-12-15-37-16-13-32/h4-8,18-21,28,34H,9-17H2,1-3H3/b29-27+. The number of ketones is 1. The lowest BCUT2D eigenvalue weighted by Gasteiger charge is -2.30. The number of rotatable bonds is 9. The van der Waals surface area contributed by atoms with Gasteiger partial charge in [0.2, 0.25) is 5.78 Å². The van der Waals surface area contributed by atoms with E-state index in [4.69, 9.17) is 14.2 Å². The number of Topliss-reactive ketones (excluding diaryl/α,β-unsaturated/α-hetero) is 1. The highest BCUT2D eigenvalue weighted by molar-refractivity contribution is 6.46. The second kappa shape index (κ2) is 11.8. The number of amides is 1. The van der Waals surface area contributed by atoms with Crippen LogP contribution in [0.3, 0.4) is 0 Å². The molecule has 8 heteroatoms. The number of carbonyl (C=O) groups is 2. The molecule has 1 amide bonds. The fourth-order valence-electron chi connectivity index (χ4n) is 5.54. The van der Waals surface area contributed by atoms with Gasteiger partial charge in [-0.1, -0.05) is 37.8 Å². The van der Waals surface area contributed by atoms with Crippen LogP contribution in [0.4, 0.5) is 0 Å². The van der Waals surface area contributed by atoms with Crippen LogP contribution in [0.25, 0.3) is 5.76 Å². The number of quaternary nitrogens is 1. The van der Waals surface area contributed by atoms with Gasteiger partial charge in [-0.15, -0.1) is 0 Å². The minimum Gasteiger partial charge on any atom is -0.872 e. The van der Waals surface area contributed by atoms with E-state index < -0.39 is 23.5 Å². The number of nitrogens with one attached hydrogen (secondary N) is 1. The second-order valence-corrected chi connectivity index (χ2v) is 11.1. The van der Waals surface area contributed by atoms with Crippen LogP contribution in [0.5, 0.6) is 11.5 Å². The lowest BCUT2D eigenvalue weighted by atomic mass is 9.94. The minimum atomic E-state index is -0.769. The van der Waals surface area contributed by atoms with Gasteiger partial charge in [-0.2, -0.15) is 0 Å². The highest BCUT2D eigenvalue weighted by Gasteiger charge is 2.44. The Morgan fingerprint density at radius 1 is 1.15 bits per heavy atom. The first-order chi connectivity index (χ1) is 18.8. The van der Waals surface area contributed by atoms with Gasteiger partial charge in [0.05, 0.1) is 39.0 Å². The first-order valence-electron chi connectivity index (χ1n) is 14.0. The zero-order valence-corrected chi connectivity index (χ0v) is 23.0. The van der Waals surface area contributed by atoms with Crippen molar-refractivity contribution in [2.45, 2.75) is 45.8 Å². The summed E-state index contributed by atoms with van der Waals surface area (Å²) in [5.41, 5.74) is 2.05. The average Bonchev–Trinajstić information content (AvgIpc) is 3.42. The molecule has 2 fully saturated rings. The molecule has 0 aromatic heterocycles. The van der Waals surface area contributed by atoms with E-state index in [0.717, 1.165) is 30.8 Å². The molecule has 2 aromatic rings. The summed E-state index contributed by atoms with van der Waals surface area (Å²) in [6, 6.07) is 12.0. The molecule has 3 aliphatic rings.